The van der Waals surface area contributed by atoms with Gasteiger partial charge >= 0.3 is 5.97 Å². The fraction of sp³-hybridized carbons (Fsp3) is 0.550. The van der Waals surface area contributed by atoms with E-state index in [-0.39, 0.29) is 25.3 Å². The lowest BCUT2D eigenvalue weighted by Gasteiger charge is -2.30. The molecule has 1 aromatic rings. The van der Waals surface area contributed by atoms with Gasteiger partial charge in [0.2, 0.25) is 6.79 Å². The lowest BCUT2D eigenvalue weighted by atomic mass is 9.86. The first-order valence-electron chi connectivity index (χ1n) is 9.61. The minimum Gasteiger partial charge on any atom is -0.454 e. The summed E-state index contributed by atoms with van der Waals surface area (Å²) in [5.41, 5.74) is 0.342. The summed E-state index contributed by atoms with van der Waals surface area (Å²) in [7, 11) is 0. The second-order valence-electron chi connectivity index (χ2n) is 7.26. The predicted molar refractivity (Wildman–Crippen MR) is 100 cm³/mol. The van der Waals surface area contributed by atoms with Gasteiger partial charge in [-0.1, -0.05) is 19.8 Å². The maximum Gasteiger partial charge on any atom is 0.326 e. The van der Waals surface area contributed by atoms with E-state index < -0.39 is 18.0 Å². The van der Waals surface area contributed by atoms with Crippen molar-refractivity contribution < 1.29 is 28.6 Å². The summed E-state index contributed by atoms with van der Waals surface area (Å²) >= 11 is 0. The molecule has 0 radical (unpaired) electrons. The number of benzene rings is 1. The molecule has 3 rings (SSSR count). The maximum atomic E-state index is 12.3. The van der Waals surface area contributed by atoms with Crippen LogP contribution in [0.3, 0.4) is 0 Å². The van der Waals surface area contributed by atoms with E-state index in [2.05, 4.69) is 17.6 Å². The second-order valence-corrected chi connectivity index (χ2v) is 7.26. The van der Waals surface area contributed by atoms with Gasteiger partial charge in [0.05, 0.1) is 0 Å². The van der Waals surface area contributed by atoms with Crippen molar-refractivity contribution >= 4 is 17.8 Å². The Bertz CT molecular complexity index is 750. The van der Waals surface area contributed by atoms with Gasteiger partial charge in [0.15, 0.2) is 17.6 Å². The number of fused-ring (bicyclic) bond motifs is 1. The molecule has 0 bridgehead atoms. The standard InChI is InChI=1S/C20H26N2O6/c1-12-5-3-4-6-15(12)22-19(24)13(2)28-18(23)10-21-20(25)14-7-8-16-17(9-14)27-11-26-16/h7-9,12-13,15H,3-6,10-11H2,1-2H3,(H,21,25)(H,22,24)/t12-,13-,15-/m1/s1. The number of hydrogen-bond acceptors (Lipinski definition) is 6. The Kier molecular flexibility index (Phi) is 6.38. The average Bonchev–Trinajstić information content (AvgIpc) is 3.15. The fourth-order valence-electron chi connectivity index (χ4n) is 3.42. The van der Waals surface area contributed by atoms with Gasteiger partial charge < -0.3 is 24.8 Å². The monoisotopic (exact) mass is 390 g/mol. The molecule has 1 aliphatic carbocycles. The SMILES string of the molecule is C[C@@H]1CCCC[C@H]1NC(=O)[C@@H](C)OC(=O)CNC(=O)c1ccc2c(c1)OCO2. The van der Waals surface area contributed by atoms with Gasteiger partial charge in [0, 0.05) is 11.6 Å². The molecule has 2 N–H and O–H groups in total. The predicted octanol–water partition coefficient (Wildman–Crippen LogP) is 1.77. The summed E-state index contributed by atoms with van der Waals surface area (Å²) in [6.45, 7) is 3.43. The smallest absolute Gasteiger partial charge is 0.326 e. The van der Waals surface area contributed by atoms with E-state index in [4.69, 9.17) is 14.2 Å². The molecule has 2 amide bonds. The minimum absolute atomic E-state index is 0.117. The van der Waals surface area contributed by atoms with Crippen molar-refractivity contribution in [2.75, 3.05) is 13.3 Å². The molecule has 1 fully saturated rings. The second kappa shape index (κ2) is 8.95. The molecule has 2 aliphatic rings. The van der Waals surface area contributed by atoms with Crippen molar-refractivity contribution in [1.29, 1.82) is 0 Å². The van der Waals surface area contributed by atoms with Crippen molar-refractivity contribution in [1.82, 2.24) is 10.6 Å². The normalized spacial score (nSPS) is 21.5. The summed E-state index contributed by atoms with van der Waals surface area (Å²) < 4.78 is 15.6. The molecule has 3 atom stereocenters. The summed E-state index contributed by atoms with van der Waals surface area (Å²) in [5.74, 6) is 0.0492. The van der Waals surface area contributed by atoms with Gasteiger partial charge in [-0.05, 0) is 43.9 Å². The van der Waals surface area contributed by atoms with Crippen molar-refractivity contribution in [3.63, 3.8) is 0 Å². The Balaban J connectivity index is 1.43. The summed E-state index contributed by atoms with van der Waals surface area (Å²) in [6, 6.07) is 4.88. The first-order chi connectivity index (χ1) is 13.4. The highest BCUT2D eigenvalue weighted by Gasteiger charge is 2.26. The molecule has 28 heavy (non-hydrogen) atoms. The highest BCUT2D eigenvalue weighted by molar-refractivity contribution is 5.96. The van der Waals surface area contributed by atoms with Crippen molar-refractivity contribution in [3.8, 4) is 11.5 Å². The largest absolute Gasteiger partial charge is 0.454 e. The Morgan fingerprint density at radius 1 is 1.18 bits per heavy atom. The number of hydrogen-bond donors (Lipinski definition) is 2. The number of nitrogens with one attached hydrogen (secondary N) is 2. The Labute approximate surface area is 163 Å². The van der Waals surface area contributed by atoms with E-state index in [1.165, 1.54) is 13.3 Å². The van der Waals surface area contributed by atoms with Gasteiger partial charge in [0.1, 0.15) is 6.54 Å². The first-order valence-corrected chi connectivity index (χ1v) is 9.61. The van der Waals surface area contributed by atoms with Crippen LogP contribution in [0.5, 0.6) is 11.5 Å². The fourth-order valence-corrected chi connectivity index (χ4v) is 3.42. The molecule has 0 saturated heterocycles. The van der Waals surface area contributed by atoms with Crippen molar-refractivity contribution in [2.45, 2.75) is 51.7 Å². The molecule has 8 nitrogen and oxygen atoms in total. The topological polar surface area (TPSA) is 103 Å². The number of esters is 1. The average molecular weight is 390 g/mol. The summed E-state index contributed by atoms with van der Waals surface area (Å²) in [5, 5.41) is 5.44. The van der Waals surface area contributed by atoms with Crippen LogP contribution in [0.15, 0.2) is 18.2 Å². The van der Waals surface area contributed by atoms with Gasteiger partial charge in [-0.2, -0.15) is 0 Å². The molecule has 1 aliphatic heterocycles. The van der Waals surface area contributed by atoms with Crippen LogP contribution in [0.2, 0.25) is 0 Å². The van der Waals surface area contributed by atoms with Crippen molar-refractivity contribution in [2.24, 2.45) is 5.92 Å². The van der Waals surface area contributed by atoms with Crippen LogP contribution in [0, 0.1) is 5.92 Å². The molecular weight excluding hydrogens is 364 g/mol. The molecule has 1 heterocycles. The number of rotatable bonds is 6. The minimum atomic E-state index is -0.913. The van der Waals surface area contributed by atoms with E-state index in [1.807, 2.05) is 0 Å². The van der Waals surface area contributed by atoms with Crippen LogP contribution in [-0.4, -0.2) is 43.3 Å². The van der Waals surface area contributed by atoms with Gasteiger partial charge in [0.25, 0.3) is 11.8 Å². The van der Waals surface area contributed by atoms with E-state index in [0.717, 1.165) is 19.3 Å². The van der Waals surface area contributed by atoms with Crippen LogP contribution >= 0.6 is 0 Å². The summed E-state index contributed by atoms with van der Waals surface area (Å²) in [4.78, 5) is 36.4. The molecule has 0 unspecified atom stereocenters. The Hall–Kier alpha value is -2.77. The van der Waals surface area contributed by atoms with Crippen LogP contribution in [-0.2, 0) is 14.3 Å². The third-order valence-corrected chi connectivity index (χ3v) is 5.14. The molecule has 8 heteroatoms. The van der Waals surface area contributed by atoms with E-state index in [9.17, 15) is 14.4 Å². The Morgan fingerprint density at radius 3 is 2.71 bits per heavy atom. The number of carbonyl (C=O) groups is 3. The third-order valence-electron chi connectivity index (χ3n) is 5.14. The number of carbonyl (C=O) groups excluding carboxylic acids is 3. The quantitative estimate of drug-likeness (QED) is 0.718. The molecule has 0 spiro atoms. The highest BCUT2D eigenvalue weighted by Crippen LogP contribution is 2.32. The Morgan fingerprint density at radius 2 is 1.93 bits per heavy atom. The molecule has 0 aromatic heterocycles. The molecule has 1 saturated carbocycles. The zero-order valence-electron chi connectivity index (χ0n) is 16.2. The van der Waals surface area contributed by atoms with E-state index in [1.54, 1.807) is 18.2 Å². The first kappa shape index (κ1) is 20.0. The van der Waals surface area contributed by atoms with Crippen LogP contribution in [0.25, 0.3) is 0 Å². The lowest BCUT2D eigenvalue weighted by molar-refractivity contribution is -0.154. The van der Waals surface area contributed by atoms with Crippen LogP contribution in [0.1, 0.15) is 49.9 Å². The lowest BCUT2D eigenvalue weighted by Crippen LogP contribution is -2.46. The zero-order chi connectivity index (χ0) is 20.1. The number of ether oxygens (including phenoxy) is 3. The maximum absolute atomic E-state index is 12.3. The van der Waals surface area contributed by atoms with E-state index in [0.29, 0.717) is 23.0 Å². The van der Waals surface area contributed by atoms with Gasteiger partial charge in [-0.15, -0.1) is 0 Å². The molecule has 152 valence electrons. The highest BCUT2D eigenvalue weighted by atomic mass is 16.7. The van der Waals surface area contributed by atoms with E-state index >= 15 is 0 Å². The van der Waals surface area contributed by atoms with Crippen LogP contribution < -0.4 is 20.1 Å². The molecular formula is C20H26N2O6. The van der Waals surface area contributed by atoms with Crippen molar-refractivity contribution in [3.05, 3.63) is 23.8 Å². The zero-order valence-corrected chi connectivity index (χ0v) is 16.2. The van der Waals surface area contributed by atoms with Gasteiger partial charge in [-0.3, -0.25) is 14.4 Å². The van der Waals surface area contributed by atoms with Gasteiger partial charge in [-0.25, -0.2) is 0 Å². The number of amides is 2. The van der Waals surface area contributed by atoms with Crippen LogP contribution in [0.4, 0.5) is 0 Å². The molecule has 1 aromatic carbocycles. The summed E-state index contributed by atoms with van der Waals surface area (Å²) in [6.07, 6.45) is 3.39. The third kappa shape index (κ3) is 4.94.